The SMILES string of the molecule is C/C1=C\C=C\[C@@H](C)[C@@]2(O)C[C@H](OC(=O)N2)[C@@H](C)[C@@H]2O[C@]2(C)[C@@H](OC(=O)[C@H](C)N(C)C(=O)CCC(C)(C)SCC(=O)CCC[Si](C)(C)O)CC(=O)N(C)c2cc(cc(C)c2Cl)C1. The van der Waals surface area contributed by atoms with Crippen LogP contribution in [0.5, 0.6) is 0 Å². The standard InChI is InChI=1S/C45H68ClN3O10SSi/c1-27-15-13-16-29(3)45(55)25-35(57-42(54)47-45)30(4)40-44(8,59-40)36(24-38(52)49(10)34-23-32(21-27)22-28(2)39(34)46)58-41(53)31(5)48(9)37(51)18-19-43(6,7)60-26-33(50)17-14-20-61(11,12)56/h13,15-16,22-23,29-31,35-36,40,55-56H,14,17-21,24-26H2,1-12H3,(H,47,54)/b16-13+,27-15+/t29-,30-,31+,35+,36+,40+,44-,45+/m1/s1. The summed E-state index contributed by atoms with van der Waals surface area (Å²) in [5.41, 5.74) is 0.401. The number of thioether (sulfide) groups is 1. The minimum Gasteiger partial charge on any atom is -0.457 e. The quantitative estimate of drug-likeness (QED) is 0.103. The van der Waals surface area contributed by atoms with Crippen molar-refractivity contribution in [3.05, 3.63) is 52.1 Å². The van der Waals surface area contributed by atoms with E-state index in [-0.39, 0.29) is 35.7 Å². The van der Waals surface area contributed by atoms with E-state index in [0.717, 1.165) is 16.7 Å². The first-order valence-electron chi connectivity index (χ1n) is 21.3. The first-order valence-corrected chi connectivity index (χ1v) is 25.8. The molecule has 3 heterocycles. The fourth-order valence-corrected chi connectivity index (χ4v) is 10.1. The molecule has 340 valence electrons. The molecule has 8 atom stereocenters. The number of rotatable bonds is 13. The van der Waals surface area contributed by atoms with Gasteiger partial charge in [0, 0.05) is 49.9 Å². The molecule has 3 aliphatic heterocycles. The lowest BCUT2D eigenvalue weighted by molar-refractivity contribution is -0.162. The van der Waals surface area contributed by atoms with Crippen LogP contribution in [0.2, 0.25) is 24.2 Å². The molecule has 13 nitrogen and oxygen atoms in total. The van der Waals surface area contributed by atoms with Crippen molar-refractivity contribution in [1.82, 2.24) is 10.2 Å². The predicted molar refractivity (Wildman–Crippen MR) is 242 cm³/mol. The number of nitrogens with one attached hydrogen (secondary N) is 1. The van der Waals surface area contributed by atoms with Gasteiger partial charge in [0.1, 0.15) is 35.4 Å². The van der Waals surface area contributed by atoms with E-state index in [2.05, 4.69) is 5.32 Å². The highest BCUT2D eigenvalue weighted by atomic mass is 35.5. The lowest BCUT2D eigenvalue weighted by Crippen LogP contribution is -2.60. The number of fused-ring (bicyclic) bond motifs is 5. The van der Waals surface area contributed by atoms with Gasteiger partial charge in [-0.1, -0.05) is 69.2 Å². The van der Waals surface area contributed by atoms with Crippen LogP contribution in [0.3, 0.4) is 0 Å². The average Bonchev–Trinajstić information content (AvgIpc) is 3.86. The number of hydrogen-bond acceptors (Lipinski definition) is 11. The number of aryl methyl sites for hydroxylation is 1. The summed E-state index contributed by atoms with van der Waals surface area (Å²) in [6.07, 6.45) is 4.32. The van der Waals surface area contributed by atoms with E-state index in [1.54, 1.807) is 20.9 Å². The molecule has 16 heteroatoms. The maximum atomic E-state index is 14.2. The number of epoxide rings is 1. The van der Waals surface area contributed by atoms with Crippen molar-refractivity contribution in [2.75, 3.05) is 24.7 Å². The number of alkyl carbamates (subject to hydrolysis) is 1. The highest BCUT2D eigenvalue weighted by molar-refractivity contribution is 8.01. The Bertz CT molecular complexity index is 1890. The van der Waals surface area contributed by atoms with Gasteiger partial charge in [-0.2, -0.15) is 0 Å². The zero-order valence-corrected chi connectivity index (χ0v) is 40.6. The molecule has 61 heavy (non-hydrogen) atoms. The second-order valence-corrected chi connectivity index (χ2v) is 25.1. The fraction of sp³-hybridized carbons (Fsp3) is 0.667. The number of ether oxygens (including phenoxy) is 3. The molecule has 0 saturated carbocycles. The van der Waals surface area contributed by atoms with Crippen molar-refractivity contribution in [1.29, 1.82) is 0 Å². The zero-order chi connectivity index (χ0) is 45.8. The second kappa shape index (κ2) is 20.1. The van der Waals surface area contributed by atoms with Crippen LogP contribution in [-0.4, -0.2) is 113 Å². The van der Waals surface area contributed by atoms with E-state index in [1.165, 1.54) is 28.6 Å². The van der Waals surface area contributed by atoms with Crippen molar-refractivity contribution in [2.24, 2.45) is 11.8 Å². The van der Waals surface area contributed by atoms with Crippen LogP contribution in [0.15, 0.2) is 35.9 Å². The number of amides is 3. The average molecular weight is 907 g/mol. The maximum absolute atomic E-state index is 14.2. The third-order valence-electron chi connectivity index (χ3n) is 12.5. The molecule has 4 bridgehead atoms. The summed E-state index contributed by atoms with van der Waals surface area (Å²) in [5, 5.41) is 14.7. The molecule has 0 spiro atoms. The van der Waals surface area contributed by atoms with Crippen LogP contribution in [-0.2, 0) is 39.8 Å². The van der Waals surface area contributed by atoms with Gasteiger partial charge >= 0.3 is 12.1 Å². The van der Waals surface area contributed by atoms with Gasteiger partial charge in [-0.05, 0) is 83.3 Å². The van der Waals surface area contributed by atoms with Crippen molar-refractivity contribution >= 4 is 67.0 Å². The Morgan fingerprint density at radius 2 is 1.85 bits per heavy atom. The van der Waals surface area contributed by atoms with Crippen molar-refractivity contribution in [2.45, 2.75) is 160 Å². The summed E-state index contributed by atoms with van der Waals surface area (Å²) in [7, 11) is 0.955. The van der Waals surface area contributed by atoms with Gasteiger partial charge in [-0.25, -0.2) is 9.59 Å². The molecule has 0 aliphatic carbocycles. The van der Waals surface area contributed by atoms with Crippen LogP contribution in [0.25, 0.3) is 0 Å². The lowest BCUT2D eigenvalue weighted by atomic mass is 9.82. The number of carbonyl (C=O) groups is 5. The highest BCUT2D eigenvalue weighted by Crippen LogP contribution is 2.49. The van der Waals surface area contributed by atoms with Gasteiger partial charge in [0.05, 0.1) is 29.0 Å². The summed E-state index contributed by atoms with van der Waals surface area (Å²) in [5.74, 6) is -1.96. The first kappa shape index (κ1) is 50.4. The molecule has 1 aromatic rings. The van der Waals surface area contributed by atoms with Crippen LogP contribution < -0.4 is 10.2 Å². The number of hydrogen-bond donors (Lipinski definition) is 3. The molecular weight excluding hydrogens is 838 g/mol. The largest absolute Gasteiger partial charge is 0.457 e. The van der Waals surface area contributed by atoms with Gasteiger partial charge in [-0.3, -0.25) is 19.7 Å². The summed E-state index contributed by atoms with van der Waals surface area (Å²) in [4.78, 5) is 80.0. The van der Waals surface area contributed by atoms with E-state index in [0.29, 0.717) is 48.2 Å². The van der Waals surface area contributed by atoms with Gasteiger partial charge < -0.3 is 33.9 Å². The van der Waals surface area contributed by atoms with Crippen LogP contribution in [0.4, 0.5) is 10.5 Å². The van der Waals surface area contributed by atoms with E-state index >= 15 is 0 Å². The van der Waals surface area contributed by atoms with Gasteiger partial charge in [0.15, 0.2) is 8.32 Å². The summed E-state index contributed by atoms with van der Waals surface area (Å²) in [6.45, 7) is 18.5. The minimum absolute atomic E-state index is 0.0553. The molecule has 0 unspecified atom stereocenters. The van der Waals surface area contributed by atoms with E-state index in [1.807, 2.05) is 85.0 Å². The van der Waals surface area contributed by atoms with Gasteiger partial charge in [-0.15, -0.1) is 11.8 Å². The van der Waals surface area contributed by atoms with E-state index in [9.17, 15) is 33.9 Å². The maximum Gasteiger partial charge on any atom is 0.409 e. The summed E-state index contributed by atoms with van der Waals surface area (Å²) >= 11 is 8.30. The number of Topliss-reactive ketones (excluding diaryl/α,β-unsaturated/α-hetero) is 1. The van der Waals surface area contributed by atoms with E-state index < -0.39 is 73.8 Å². The number of allylic oxidation sites excluding steroid dienone is 3. The number of nitrogens with zero attached hydrogens (tertiary/aromatic N) is 2. The zero-order valence-electron chi connectivity index (χ0n) is 38.1. The number of benzene rings is 1. The number of ketones is 1. The number of likely N-dealkylation sites (N-methyl/N-ethyl adjacent to an activating group) is 1. The fourth-order valence-electron chi connectivity index (χ4n) is 7.88. The van der Waals surface area contributed by atoms with Crippen LogP contribution in [0, 0.1) is 18.8 Å². The Balaban J connectivity index is 1.55. The Labute approximate surface area is 372 Å². The Morgan fingerprint density at radius 3 is 2.51 bits per heavy atom. The topological polar surface area (TPSA) is 175 Å². The lowest BCUT2D eigenvalue weighted by Gasteiger charge is -2.41. The van der Waals surface area contributed by atoms with Crippen LogP contribution >= 0.6 is 23.4 Å². The second-order valence-electron chi connectivity index (χ2n) is 18.9. The number of esters is 1. The predicted octanol–water partition coefficient (Wildman–Crippen LogP) is 7.27. The third kappa shape index (κ3) is 13.4. The molecule has 3 N–H and O–H groups in total. The smallest absolute Gasteiger partial charge is 0.409 e. The number of halogens is 1. The van der Waals surface area contributed by atoms with Crippen molar-refractivity contribution in [3.63, 3.8) is 0 Å². The molecule has 3 aliphatic rings. The highest BCUT2D eigenvalue weighted by Gasteiger charge is 2.64. The van der Waals surface area contributed by atoms with Crippen molar-refractivity contribution in [3.8, 4) is 0 Å². The Morgan fingerprint density at radius 1 is 1.18 bits per heavy atom. The molecule has 3 amide bonds. The molecule has 1 aromatic carbocycles. The van der Waals surface area contributed by atoms with Crippen molar-refractivity contribution < 1.29 is 48.1 Å². The molecular formula is C45H68ClN3O10SSi. The minimum atomic E-state index is -2.20. The molecule has 0 aromatic heterocycles. The normalized spacial score (nSPS) is 29.3. The number of aliphatic hydroxyl groups is 1. The molecule has 2 saturated heterocycles. The monoisotopic (exact) mass is 905 g/mol. The molecule has 4 rings (SSSR count). The van der Waals surface area contributed by atoms with E-state index in [4.69, 9.17) is 25.8 Å². The Hall–Kier alpha value is -3.21. The summed E-state index contributed by atoms with van der Waals surface area (Å²) in [6, 6.07) is 3.49. The Kier molecular flexibility index (Phi) is 16.6. The molecule has 2 fully saturated rings. The first-order chi connectivity index (χ1) is 28.2. The van der Waals surface area contributed by atoms with Gasteiger partial charge in [0.2, 0.25) is 11.8 Å². The van der Waals surface area contributed by atoms with Crippen LogP contribution in [0.1, 0.15) is 98.1 Å². The summed E-state index contributed by atoms with van der Waals surface area (Å²) < 4.78 is 17.8. The number of carbonyl (C=O) groups excluding carboxylic acids is 5. The molecule has 0 radical (unpaired) electrons. The third-order valence-corrected chi connectivity index (χ3v) is 16.0. The number of anilines is 1. The van der Waals surface area contributed by atoms with Gasteiger partial charge in [0.25, 0.3) is 0 Å².